The average Bonchev–Trinajstić information content (AvgIpc) is 2.89. The highest BCUT2D eigenvalue weighted by molar-refractivity contribution is 7.09. The molecule has 0 atom stereocenters. The van der Waals surface area contributed by atoms with E-state index in [0.717, 1.165) is 22.4 Å². The molecule has 0 aliphatic carbocycles. The summed E-state index contributed by atoms with van der Waals surface area (Å²) in [5, 5.41) is 9.20. The van der Waals surface area contributed by atoms with Crippen molar-refractivity contribution < 1.29 is 0 Å². The minimum absolute atomic E-state index is 0.773. The van der Waals surface area contributed by atoms with E-state index in [0.29, 0.717) is 0 Å². The molecule has 0 bridgehead atoms. The number of benzene rings is 1. The summed E-state index contributed by atoms with van der Waals surface area (Å²) in [4.78, 5) is 4.29. The summed E-state index contributed by atoms with van der Waals surface area (Å²) < 4.78 is 3.80. The molecule has 0 spiro atoms. The van der Waals surface area contributed by atoms with Gasteiger partial charge in [0.1, 0.15) is 5.00 Å². The number of pyridine rings is 1. The van der Waals surface area contributed by atoms with E-state index in [1.54, 1.807) is 6.20 Å². The highest BCUT2D eigenvalue weighted by Crippen LogP contribution is 2.15. The molecule has 0 unspecified atom stereocenters. The van der Waals surface area contributed by atoms with Crippen LogP contribution in [0.3, 0.4) is 0 Å². The number of hydrogen-bond donors (Lipinski definition) is 1. The first-order valence-electron chi connectivity index (χ1n) is 5.27. The Morgan fingerprint density at radius 2 is 2.24 bits per heavy atom. The van der Waals surface area contributed by atoms with Crippen molar-refractivity contribution >= 4 is 27.4 Å². The number of nitrogens with zero attached hydrogens (tertiary/aromatic N) is 3. The second-order valence-corrected chi connectivity index (χ2v) is 4.45. The fourth-order valence-electron chi connectivity index (χ4n) is 1.67. The van der Waals surface area contributed by atoms with E-state index in [-0.39, 0.29) is 0 Å². The van der Waals surface area contributed by atoms with Gasteiger partial charge in [0, 0.05) is 29.7 Å². The van der Waals surface area contributed by atoms with Gasteiger partial charge in [-0.15, -0.1) is 5.10 Å². The molecular formula is C12H10N4S. The van der Waals surface area contributed by atoms with Gasteiger partial charge in [0.25, 0.3) is 0 Å². The number of rotatable bonds is 3. The molecule has 2 aromatic heterocycles. The average molecular weight is 242 g/mol. The fourth-order valence-corrected chi connectivity index (χ4v) is 2.08. The fraction of sp³-hybridized carbons (Fsp3) is 0.0833. The zero-order valence-corrected chi connectivity index (χ0v) is 9.81. The highest BCUT2D eigenvalue weighted by atomic mass is 32.1. The van der Waals surface area contributed by atoms with Crippen molar-refractivity contribution in [2.75, 3.05) is 5.32 Å². The summed E-state index contributed by atoms with van der Waals surface area (Å²) in [6, 6.07) is 10.3. The van der Waals surface area contributed by atoms with Crippen LogP contribution < -0.4 is 5.32 Å². The molecule has 1 aromatic carbocycles. The maximum atomic E-state index is 4.29. The molecular weight excluding hydrogens is 232 g/mol. The van der Waals surface area contributed by atoms with Gasteiger partial charge < -0.3 is 5.32 Å². The van der Waals surface area contributed by atoms with Crippen molar-refractivity contribution in [3.05, 3.63) is 48.3 Å². The number of aromatic nitrogens is 3. The number of nitrogens with one attached hydrogen (secondary N) is 1. The molecule has 5 heteroatoms. The second kappa shape index (κ2) is 4.47. The molecule has 3 rings (SSSR count). The van der Waals surface area contributed by atoms with Crippen LogP contribution in [0.4, 0.5) is 5.00 Å². The van der Waals surface area contributed by atoms with Crippen molar-refractivity contribution in [3.63, 3.8) is 0 Å². The lowest BCUT2D eigenvalue weighted by Gasteiger charge is -2.04. The van der Waals surface area contributed by atoms with Gasteiger partial charge in [0.2, 0.25) is 0 Å². The van der Waals surface area contributed by atoms with Gasteiger partial charge in [-0.05, 0) is 23.8 Å². The van der Waals surface area contributed by atoms with Crippen molar-refractivity contribution in [2.45, 2.75) is 6.54 Å². The van der Waals surface area contributed by atoms with Gasteiger partial charge >= 0.3 is 0 Å². The van der Waals surface area contributed by atoms with Crippen LogP contribution in [0.25, 0.3) is 10.9 Å². The van der Waals surface area contributed by atoms with Crippen molar-refractivity contribution in [3.8, 4) is 0 Å². The maximum Gasteiger partial charge on any atom is 0.130 e. The normalized spacial score (nSPS) is 10.6. The van der Waals surface area contributed by atoms with E-state index < -0.39 is 0 Å². The first-order valence-corrected chi connectivity index (χ1v) is 6.04. The number of anilines is 1. The third-order valence-corrected chi connectivity index (χ3v) is 3.12. The quantitative estimate of drug-likeness (QED) is 0.767. The van der Waals surface area contributed by atoms with E-state index in [9.17, 15) is 0 Å². The molecule has 0 saturated carbocycles. The van der Waals surface area contributed by atoms with Gasteiger partial charge in [0.05, 0.1) is 11.7 Å². The van der Waals surface area contributed by atoms with E-state index in [1.807, 2.05) is 18.3 Å². The molecule has 3 aromatic rings. The first kappa shape index (κ1) is 10.2. The third-order valence-electron chi connectivity index (χ3n) is 2.50. The monoisotopic (exact) mass is 242 g/mol. The third kappa shape index (κ3) is 2.24. The Balaban J connectivity index is 1.81. The number of fused-ring (bicyclic) bond motifs is 1. The Hall–Kier alpha value is -2.01. The lowest BCUT2D eigenvalue weighted by Crippen LogP contribution is -1.97. The molecule has 0 amide bonds. The van der Waals surface area contributed by atoms with E-state index in [1.165, 1.54) is 17.1 Å². The Morgan fingerprint density at radius 3 is 3.12 bits per heavy atom. The molecule has 1 N–H and O–H groups in total. The summed E-state index contributed by atoms with van der Waals surface area (Å²) in [7, 11) is 0. The van der Waals surface area contributed by atoms with Crippen LogP contribution >= 0.6 is 11.5 Å². The van der Waals surface area contributed by atoms with Gasteiger partial charge in [-0.25, -0.2) is 0 Å². The Bertz CT molecular complexity index is 621. The highest BCUT2D eigenvalue weighted by Gasteiger charge is 1.98. The zero-order chi connectivity index (χ0) is 11.5. The number of hydrogen-bond acceptors (Lipinski definition) is 5. The maximum absolute atomic E-state index is 4.29. The van der Waals surface area contributed by atoms with Crippen LogP contribution in [-0.4, -0.2) is 14.6 Å². The Kier molecular flexibility index (Phi) is 2.67. The molecule has 0 saturated heterocycles. The lowest BCUT2D eigenvalue weighted by molar-refractivity contribution is 1.14. The van der Waals surface area contributed by atoms with Crippen LogP contribution in [0.2, 0.25) is 0 Å². The molecule has 2 heterocycles. The van der Waals surface area contributed by atoms with E-state index in [2.05, 4.69) is 38.1 Å². The van der Waals surface area contributed by atoms with E-state index in [4.69, 9.17) is 0 Å². The molecule has 0 radical (unpaired) electrons. The van der Waals surface area contributed by atoms with Gasteiger partial charge in [-0.3, -0.25) is 4.98 Å². The second-order valence-electron chi connectivity index (χ2n) is 3.67. The summed E-state index contributed by atoms with van der Waals surface area (Å²) in [6.07, 6.45) is 3.54. The molecule has 4 nitrogen and oxygen atoms in total. The minimum atomic E-state index is 0.773. The zero-order valence-electron chi connectivity index (χ0n) is 9.00. The molecule has 0 fully saturated rings. The summed E-state index contributed by atoms with van der Waals surface area (Å²) in [5.74, 6) is 0. The van der Waals surface area contributed by atoms with Crippen LogP contribution in [0, 0.1) is 0 Å². The largest absolute Gasteiger partial charge is 0.370 e. The predicted molar refractivity (Wildman–Crippen MR) is 69.0 cm³/mol. The van der Waals surface area contributed by atoms with Gasteiger partial charge in [-0.2, -0.15) is 0 Å². The van der Waals surface area contributed by atoms with Crippen LogP contribution in [0.1, 0.15) is 5.56 Å². The summed E-state index contributed by atoms with van der Waals surface area (Å²) >= 11 is 1.36. The molecule has 84 valence electrons. The standard InChI is InChI=1S/C12H10N4S/c1-2-10-6-9(3-4-11(10)13-5-1)7-14-12-8-15-16-17-12/h1-6,8,14H,7H2. The van der Waals surface area contributed by atoms with Gasteiger partial charge in [-0.1, -0.05) is 16.6 Å². The topological polar surface area (TPSA) is 50.7 Å². The van der Waals surface area contributed by atoms with Crippen molar-refractivity contribution in [1.82, 2.24) is 14.6 Å². The minimum Gasteiger partial charge on any atom is -0.370 e. The van der Waals surface area contributed by atoms with Crippen LogP contribution in [-0.2, 0) is 6.54 Å². The van der Waals surface area contributed by atoms with Gasteiger partial charge in [0.15, 0.2) is 0 Å². The molecule has 17 heavy (non-hydrogen) atoms. The SMILES string of the molecule is c1cnc2ccc(CNc3cnns3)cc2c1. The summed E-state index contributed by atoms with van der Waals surface area (Å²) in [5.41, 5.74) is 2.25. The molecule has 0 aliphatic heterocycles. The Labute approximate surface area is 102 Å². The molecule has 0 aliphatic rings. The first-order chi connectivity index (χ1) is 8.42. The Morgan fingerprint density at radius 1 is 1.24 bits per heavy atom. The predicted octanol–water partition coefficient (Wildman–Crippen LogP) is 2.70. The van der Waals surface area contributed by atoms with Crippen LogP contribution in [0.15, 0.2) is 42.7 Å². The van der Waals surface area contributed by atoms with Crippen molar-refractivity contribution in [2.24, 2.45) is 0 Å². The summed E-state index contributed by atoms with van der Waals surface area (Å²) in [6.45, 7) is 0.773. The van der Waals surface area contributed by atoms with Crippen molar-refractivity contribution in [1.29, 1.82) is 0 Å². The van der Waals surface area contributed by atoms with E-state index >= 15 is 0 Å². The smallest absolute Gasteiger partial charge is 0.130 e. The van der Waals surface area contributed by atoms with Crippen LogP contribution in [0.5, 0.6) is 0 Å². The lowest BCUT2D eigenvalue weighted by atomic mass is 10.1.